The Labute approximate surface area is 201 Å². The molecule has 0 bridgehead atoms. The van der Waals surface area contributed by atoms with Crippen molar-refractivity contribution < 1.29 is 38.1 Å². The van der Waals surface area contributed by atoms with Crippen LogP contribution in [0.5, 0.6) is 11.6 Å². The molecule has 2 aliphatic heterocycles. The lowest BCUT2D eigenvalue weighted by Crippen LogP contribution is -2.52. The molecule has 186 valence electrons. The molecular formula is C23H26N4O8. The summed E-state index contributed by atoms with van der Waals surface area (Å²) in [6, 6.07) is 8.49. The van der Waals surface area contributed by atoms with Crippen molar-refractivity contribution in [2.45, 2.75) is 19.4 Å². The molecule has 2 aromatic rings. The lowest BCUT2D eigenvalue weighted by molar-refractivity contribution is -0.143. The summed E-state index contributed by atoms with van der Waals surface area (Å²) in [6.45, 7) is 3.41. The second-order valence-corrected chi connectivity index (χ2v) is 7.85. The van der Waals surface area contributed by atoms with Crippen molar-refractivity contribution in [3.05, 3.63) is 30.3 Å². The Balaban J connectivity index is 1.33. The maximum absolute atomic E-state index is 12.5. The quantitative estimate of drug-likeness (QED) is 0.599. The van der Waals surface area contributed by atoms with E-state index in [0.29, 0.717) is 49.3 Å². The number of ether oxygens (including phenoxy) is 4. The number of pyridine rings is 1. The predicted molar refractivity (Wildman–Crippen MR) is 121 cm³/mol. The molecule has 2 aliphatic rings. The van der Waals surface area contributed by atoms with Crippen LogP contribution in [0.4, 0.5) is 9.59 Å². The van der Waals surface area contributed by atoms with Gasteiger partial charge in [0.15, 0.2) is 6.10 Å². The van der Waals surface area contributed by atoms with E-state index in [4.69, 9.17) is 18.9 Å². The number of fused-ring (bicyclic) bond motifs is 1. The van der Waals surface area contributed by atoms with Gasteiger partial charge in [-0.25, -0.2) is 19.4 Å². The molecule has 0 radical (unpaired) electrons. The molecule has 3 heterocycles. The molecular weight excluding hydrogens is 460 g/mol. The van der Waals surface area contributed by atoms with Gasteiger partial charge in [-0.15, -0.1) is 0 Å². The molecule has 0 saturated carbocycles. The Kier molecular flexibility index (Phi) is 7.48. The monoisotopic (exact) mass is 486 g/mol. The highest BCUT2D eigenvalue weighted by molar-refractivity contribution is 5.87. The molecule has 12 nitrogen and oxygen atoms in total. The average Bonchev–Trinajstić information content (AvgIpc) is 3.27. The number of carbonyl (C=O) groups is 4. The van der Waals surface area contributed by atoms with Crippen molar-refractivity contribution in [3.8, 4) is 11.6 Å². The zero-order valence-corrected chi connectivity index (χ0v) is 19.2. The minimum absolute atomic E-state index is 0.0435. The molecule has 2 saturated heterocycles. The maximum Gasteiger partial charge on any atom is 0.414 e. The van der Waals surface area contributed by atoms with Gasteiger partial charge in [0, 0.05) is 44.1 Å². The van der Waals surface area contributed by atoms with Gasteiger partial charge in [0.1, 0.15) is 12.3 Å². The van der Waals surface area contributed by atoms with Crippen LogP contribution in [-0.2, 0) is 19.1 Å². The van der Waals surface area contributed by atoms with Gasteiger partial charge in [-0.2, -0.15) is 0 Å². The number of cyclic esters (lactones) is 1. The summed E-state index contributed by atoms with van der Waals surface area (Å²) in [4.78, 5) is 55.8. The third-order valence-electron chi connectivity index (χ3n) is 5.55. The molecule has 1 atom stereocenters. The number of aromatic nitrogens is 1. The molecule has 0 aliphatic carbocycles. The summed E-state index contributed by atoms with van der Waals surface area (Å²) in [6.07, 6.45) is -1.60. The van der Waals surface area contributed by atoms with Gasteiger partial charge >= 0.3 is 18.2 Å². The molecule has 0 spiro atoms. The maximum atomic E-state index is 12.5. The van der Waals surface area contributed by atoms with Crippen LogP contribution in [0, 0.1) is 0 Å². The number of carbonyl (C=O) groups excluding carboxylic acids is 4. The van der Waals surface area contributed by atoms with E-state index in [1.165, 1.54) is 11.0 Å². The number of hydrogen-bond donors (Lipinski definition) is 1. The van der Waals surface area contributed by atoms with Crippen LogP contribution in [0.15, 0.2) is 30.3 Å². The topological polar surface area (TPSA) is 137 Å². The van der Waals surface area contributed by atoms with Crippen molar-refractivity contribution >= 4 is 35.0 Å². The highest BCUT2D eigenvalue weighted by Gasteiger charge is 2.29. The van der Waals surface area contributed by atoms with Crippen molar-refractivity contribution in [1.29, 1.82) is 0 Å². The van der Waals surface area contributed by atoms with Crippen LogP contribution in [0.1, 0.15) is 13.3 Å². The fourth-order valence-corrected chi connectivity index (χ4v) is 3.75. The molecule has 4 rings (SSSR count). The van der Waals surface area contributed by atoms with E-state index in [2.05, 4.69) is 10.3 Å². The number of esters is 1. The normalized spacial score (nSPS) is 17.6. The zero-order valence-electron chi connectivity index (χ0n) is 19.2. The SMILES string of the molecule is CCOC(=O)N1CCN(C(=O)CNC(=O)Oc2cc(OC3CCOC3=O)c3ccccc3n2)CC1. The Hall–Kier alpha value is -4.09. The largest absolute Gasteiger partial charge is 0.478 e. The van der Waals surface area contributed by atoms with Crippen molar-refractivity contribution in [2.75, 3.05) is 45.9 Å². The minimum atomic E-state index is -0.863. The van der Waals surface area contributed by atoms with Crippen molar-refractivity contribution in [2.24, 2.45) is 0 Å². The van der Waals surface area contributed by atoms with Crippen LogP contribution >= 0.6 is 0 Å². The van der Waals surface area contributed by atoms with E-state index in [0.717, 1.165) is 0 Å². The van der Waals surface area contributed by atoms with Gasteiger partial charge in [0.25, 0.3) is 0 Å². The lowest BCUT2D eigenvalue weighted by atomic mass is 10.2. The van der Waals surface area contributed by atoms with Crippen LogP contribution < -0.4 is 14.8 Å². The Morgan fingerprint density at radius 1 is 1.14 bits per heavy atom. The second-order valence-electron chi connectivity index (χ2n) is 7.85. The first-order chi connectivity index (χ1) is 16.9. The predicted octanol–water partition coefficient (Wildman–Crippen LogP) is 1.32. The third kappa shape index (κ3) is 5.89. The first-order valence-electron chi connectivity index (χ1n) is 11.3. The molecule has 1 aromatic heterocycles. The molecule has 3 amide bonds. The van der Waals surface area contributed by atoms with E-state index in [1.807, 2.05) is 0 Å². The highest BCUT2D eigenvalue weighted by Crippen LogP contribution is 2.30. The molecule has 12 heteroatoms. The number of rotatable bonds is 6. The molecule has 1 unspecified atom stereocenters. The fourth-order valence-electron chi connectivity index (χ4n) is 3.75. The number of nitrogens with one attached hydrogen (secondary N) is 1. The first kappa shape index (κ1) is 24.0. The molecule has 1 N–H and O–H groups in total. The van der Waals surface area contributed by atoms with Crippen molar-refractivity contribution in [1.82, 2.24) is 20.1 Å². The average molecular weight is 486 g/mol. The minimum Gasteiger partial charge on any atom is -0.478 e. The smallest absolute Gasteiger partial charge is 0.414 e. The molecule has 2 fully saturated rings. The third-order valence-corrected chi connectivity index (χ3v) is 5.55. The first-order valence-corrected chi connectivity index (χ1v) is 11.3. The standard InChI is InChI=1S/C23H26N4O8/c1-2-32-23(31)27-10-8-26(9-11-27)20(28)14-24-22(30)35-19-13-18(34-17-7-12-33-21(17)29)15-5-3-4-6-16(15)25-19/h3-6,13,17H,2,7-12,14H2,1H3,(H,24,30). The number of nitrogens with zero attached hydrogens (tertiary/aromatic N) is 3. The summed E-state index contributed by atoms with van der Waals surface area (Å²) >= 11 is 0. The molecule has 35 heavy (non-hydrogen) atoms. The Morgan fingerprint density at radius 2 is 1.89 bits per heavy atom. The fraction of sp³-hybridized carbons (Fsp3) is 0.435. The summed E-state index contributed by atoms with van der Waals surface area (Å²) < 4.78 is 21.0. The van der Waals surface area contributed by atoms with Gasteiger partial charge in [0.2, 0.25) is 11.8 Å². The van der Waals surface area contributed by atoms with Crippen LogP contribution in [0.2, 0.25) is 0 Å². The lowest BCUT2D eigenvalue weighted by Gasteiger charge is -2.34. The van der Waals surface area contributed by atoms with Gasteiger partial charge in [0.05, 0.1) is 18.7 Å². The van der Waals surface area contributed by atoms with E-state index in [1.54, 1.807) is 36.1 Å². The summed E-state index contributed by atoms with van der Waals surface area (Å²) in [5.74, 6) is -0.468. The van der Waals surface area contributed by atoms with Crippen LogP contribution in [-0.4, -0.2) is 90.9 Å². The number of benzene rings is 1. The highest BCUT2D eigenvalue weighted by atomic mass is 16.6. The second kappa shape index (κ2) is 10.9. The number of hydrogen-bond acceptors (Lipinski definition) is 9. The Morgan fingerprint density at radius 3 is 2.60 bits per heavy atom. The number of para-hydroxylation sites is 1. The summed E-state index contributed by atoms with van der Waals surface area (Å²) in [5.41, 5.74) is 0.509. The van der Waals surface area contributed by atoms with E-state index >= 15 is 0 Å². The van der Waals surface area contributed by atoms with E-state index in [9.17, 15) is 19.2 Å². The van der Waals surface area contributed by atoms with Crippen LogP contribution in [0.3, 0.4) is 0 Å². The number of amides is 3. The molecule has 1 aromatic carbocycles. The summed E-state index contributed by atoms with van der Waals surface area (Å²) in [7, 11) is 0. The van der Waals surface area contributed by atoms with Crippen molar-refractivity contribution in [3.63, 3.8) is 0 Å². The number of piperazine rings is 1. The van der Waals surface area contributed by atoms with Gasteiger partial charge in [-0.1, -0.05) is 12.1 Å². The zero-order chi connectivity index (χ0) is 24.8. The van der Waals surface area contributed by atoms with Gasteiger partial charge in [-0.3, -0.25) is 4.79 Å². The van der Waals surface area contributed by atoms with Crippen LogP contribution in [0.25, 0.3) is 10.9 Å². The van der Waals surface area contributed by atoms with Gasteiger partial charge in [-0.05, 0) is 19.1 Å². The Bertz CT molecular complexity index is 1120. The van der Waals surface area contributed by atoms with Gasteiger partial charge < -0.3 is 34.1 Å². The summed E-state index contributed by atoms with van der Waals surface area (Å²) in [5, 5.41) is 3.07. The van der Waals surface area contributed by atoms with E-state index in [-0.39, 0.29) is 31.5 Å². The van der Waals surface area contributed by atoms with E-state index < -0.39 is 24.3 Å².